The molecule has 1 aromatic rings. The quantitative estimate of drug-likeness (QED) is 0.728. The van der Waals surface area contributed by atoms with Gasteiger partial charge in [0.1, 0.15) is 12.2 Å². The molecule has 1 aliphatic carbocycles. The average molecular weight is 389 g/mol. The lowest BCUT2D eigenvalue weighted by Crippen LogP contribution is -2.36. The molecule has 0 aromatic heterocycles. The monoisotopic (exact) mass is 386 g/mol. The summed E-state index contributed by atoms with van der Waals surface area (Å²) < 4.78 is -1.71. The van der Waals surface area contributed by atoms with E-state index in [2.05, 4.69) is 0 Å². The fraction of sp³-hybridized carbons (Fsp3) is 0.286. The van der Waals surface area contributed by atoms with Crippen molar-refractivity contribution in [1.82, 2.24) is 0 Å². The molecule has 3 unspecified atom stereocenters. The summed E-state index contributed by atoms with van der Waals surface area (Å²) in [7, 11) is 0. The Morgan fingerprint density at radius 3 is 2.00 bits per heavy atom. The lowest BCUT2D eigenvalue weighted by Gasteiger charge is -2.33. The Morgan fingerprint density at radius 2 is 1.48 bits per heavy atom. The molecule has 0 saturated heterocycles. The molecule has 1 aliphatic rings. The number of halogens is 5. The molecule has 0 heterocycles. The van der Waals surface area contributed by atoms with Crippen LogP contribution in [0.1, 0.15) is 11.5 Å². The number of alkyl halides is 3. The third-order valence-corrected chi connectivity index (χ3v) is 4.48. The number of aliphatic hydroxyl groups excluding tert-OH is 2. The van der Waals surface area contributed by atoms with Crippen molar-refractivity contribution in [2.75, 3.05) is 0 Å². The van der Waals surface area contributed by atoms with Crippen LogP contribution in [0.2, 0.25) is 5.02 Å². The van der Waals surface area contributed by atoms with E-state index in [1.165, 1.54) is 6.08 Å². The smallest absolute Gasteiger partial charge is 0.201 e. The molecular weight excluding hydrogens is 377 g/mol. The van der Waals surface area contributed by atoms with E-state index in [0.29, 0.717) is 16.2 Å². The number of hydrogen-bond acceptors (Lipinski definition) is 2. The molecule has 0 saturated carbocycles. The molecule has 0 fully saturated rings. The summed E-state index contributed by atoms with van der Waals surface area (Å²) in [5, 5.41) is 20.8. The van der Waals surface area contributed by atoms with Crippen molar-refractivity contribution < 1.29 is 10.2 Å². The van der Waals surface area contributed by atoms with Gasteiger partial charge in [0.2, 0.25) is 3.79 Å². The average Bonchev–Trinajstić information content (AvgIpc) is 2.40. The molecule has 114 valence electrons. The van der Waals surface area contributed by atoms with Gasteiger partial charge in [-0.2, -0.15) is 0 Å². The van der Waals surface area contributed by atoms with Crippen LogP contribution >= 0.6 is 58.0 Å². The molecule has 3 atom stereocenters. The normalized spacial score (nSPS) is 24.3. The maximum Gasteiger partial charge on any atom is 0.201 e. The predicted molar refractivity (Wildman–Crippen MR) is 88.5 cm³/mol. The summed E-state index contributed by atoms with van der Waals surface area (Å²) in [6.07, 6.45) is 0.543. The van der Waals surface area contributed by atoms with Gasteiger partial charge in [0.05, 0.1) is 5.92 Å². The lowest BCUT2D eigenvalue weighted by molar-refractivity contribution is 0.0646. The molecule has 0 amide bonds. The molecule has 21 heavy (non-hydrogen) atoms. The number of aliphatic hydroxyl groups is 2. The van der Waals surface area contributed by atoms with E-state index in [1.54, 1.807) is 30.3 Å². The third-order valence-electron chi connectivity index (χ3n) is 3.22. The number of hydrogen-bond donors (Lipinski definition) is 2. The highest BCUT2D eigenvalue weighted by Crippen LogP contribution is 2.48. The Balaban J connectivity index is 2.50. The van der Waals surface area contributed by atoms with Crippen LogP contribution in [-0.2, 0) is 0 Å². The van der Waals surface area contributed by atoms with E-state index in [4.69, 9.17) is 58.0 Å². The first-order valence-electron chi connectivity index (χ1n) is 5.97. The molecule has 1 aromatic carbocycles. The molecule has 0 radical (unpaired) electrons. The van der Waals surface area contributed by atoms with Crippen LogP contribution in [0.15, 0.2) is 47.0 Å². The van der Waals surface area contributed by atoms with Crippen molar-refractivity contribution >= 4 is 58.0 Å². The first kappa shape index (κ1) is 17.4. The van der Waals surface area contributed by atoms with Crippen LogP contribution in [0.3, 0.4) is 0 Å². The number of benzene rings is 1. The molecule has 2 nitrogen and oxygen atoms in total. The van der Waals surface area contributed by atoms with Gasteiger partial charge >= 0.3 is 0 Å². The van der Waals surface area contributed by atoms with Crippen molar-refractivity contribution in [1.29, 1.82) is 0 Å². The summed E-state index contributed by atoms with van der Waals surface area (Å²) in [6.45, 7) is 0. The zero-order valence-corrected chi connectivity index (χ0v) is 14.3. The number of allylic oxidation sites excluding steroid dienone is 2. The summed E-state index contributed by atoms with van der Waals surface area (Å²) in [5.41, 5.74) is 1.03. The topological polar surface area (TPSA) is 40.5 Å². The number of rotatable bonds is 2. The van der Waals surface area contributed by atoms with Gasteiger partial charge in [-0.1, -0.05) is 76.2 Å². The highest BCUT2D eigenvalue weighted by Gasteiger charge is 2.41. The minimum absolute atomic E-state index is 0.130. The van der Waals surface area contributed by atoms with Gasteiger partial charge < -0.3 is 10.2 Å². The predicted octanol–water partition coefficient (Wildman–Crippen LogP) is 4.58. The zero-order chi connectivity index (χ0) is 15.8. The molecule has 7 heteroatoms. The minimum Gasteiger partial charge on any atom is -0.386 e. The van der Waals surface area contributed by atoms with E-state index < -0.39 is 21.9 Å². The van der Waals surface area contributed by atoms with Gasteiger partial charge in [0.15, 0.2) is 0 Å². The molecule has 0 spiro atoms. The zero-order valence-electron chi connectivity index (χ0n) is 10.5. The lowest BCUT2D eigenvalue weighted by atomic mass is 9.84. The van der Waals surface area contributed by atoms with Crippen molar-refractivity contribution in [3.8, 4) is 0 Å². The van der Waals surface area contributed by atoms with Crippen LogP contribution in [-0.4, -0.2) is 26.2 Å². The van der Waals surface area contributed by atoms with Crippen LogP contribution in [0.5, 0.6) is 0 Å². The highest BCUT2D eigenvalue weighted by atomic mass is 35.6. The van der Waals surface area contributed by atoms with E-state index in [-0.39, 0.29) is 5.03 Å². The second kappa shape index (κ2) is 6.67. The molecule has 0 bridgehead atoms. The maximum absolute atomic E-state index is 10.2. The summed E-state index contributed by atoms with van der Waals surface area (Å²) in [4.78, 5) is 0. The Kier molecular flexibility index (Phi) is 5.54. The van der Waals surface area contributed by atoms with E-state index in [0.717, 1.165) is 0 Å². The second-order valence-corrected chi connectivity index (χ2v) is 7.88. The second-order valence-electron chi connectivity index (χ2n) is 4.63. The van der Waals surface area contributed by atoms with E-state index >= 15 is 0 Å². The van der Waals surface area contributed by atoms with Crippen molar-refractivity contribution in [3.63, 3.8) is 0 Å². The van der Waals surface area contributed by atoms with Gasteiger partial charge in [0.25, 0.3) is 0 Å². The third kappa shape index (κ3) is 3.89. The highest BCUT2D eigenvalue weighted by molar-refractivity contribution is 6.68. The van der Waals surface area contributed by atoms with Crippen LogP contribution in [0.4, 0.5) is 0 Å². The fourth-order valence-corrected chi connectivity index (χ4v) is 3.26. The Bertz CT molecular complexity index is 574. The van der Waals surface area contributed by atoms with Gasteiger partial charge in [-0.25, -0.2) is 0 Å². The first-order valence-corrected chi connectivity index (χ1v) is 7.86. The van der Waals surface area contributed by atoms with Crippen molar-refractivity contribution in [2.45, 2.75) is 21.9 Å². The SMILES string of the molecule is OC1C(Cl)=CC=C(C(c2ccc(Cl)cc2)C(Cl)(Cl)Cl)C1O. The van der Waals surface area contributed by atoms with Gasteiger partial charge in [0, 0.05) is 10.1 Å². The van der Waals surface area contributed by atoms with Crippen LogP contribution < -0.4 is 0 Å². The van der Waals surface area contributed by atoms with Gasteiger partial charge in [-0.05, 0) is 29.3 Å². The fourth-order valence-electron chi connectivity index (χ4n) is 2.20. The summed E-state index contributed by atoms with van der Waals surface area (Å²) in [5.74, 6) is -0.745. The standard InChI is InChI=1S/C14H11Cl5O2/c15-8-3-1-7(2-4-8)11(14(17,18)19)9-5-6-10(16)13(21)12(9)20/h1-6,11-13,20-21H. The summed E-state index contributed by atoms with van der Waals surface area (Å²) >= 11 is 29.9. The molecule has 2 rings (SSSR count). The van der Waals surface area contributed by atoms with Gasteiger partial charge in [-0.3, -0.25) is 0 Å². The van der Waals surface area contributed by atoms with Crippen LogP contribution in [0.25, 0.3) is 0 Å². The maximum atomic E-state index is 10.2. The first-order chi connectivity index (χ1) is 9.71. The minimum atomic E-state index is -1.71. The molecule has 0 aliphatic heterocycles. The van der Waals surface area contributed by atoms with E-state index in [1.807, 2.05) is 0 Å². The van der Waals surface area contributed by atoms with Crippen LogP contribution in [0, 0.1) is 0 Å². The Hall–Kier alpha value is 0.0700. The molecule has 2 N–H and O–H groups in total. The summed E-state index contributed by atoms with van der Waals surface area (Å²) in [6, 6.07) is 6.73. The van der Waals surface area contributed by atoms with Crippen molar-refractivity contribution in [2.24, 2.45) is 0 Å². The largest absolute Gasteiger partial charge is 0.386 e. The molecular formula is C14H11Cl5O2. The van der Waals surface area contributed by atoms with Crippen molar-refractivity contribution in [3.05, 3.63) is 57.6 Å². The Labute approximate surface area is 147 Å². The Morgan fingerprint density at radius 1 is 0.905 bits per heavy atom. The van der Waals surface area contributed by atoms with Gasteiger partial charge in [-0.15, -0.1) is 0 Å². The van der Waals surface area contributed by atoms with E-state index in [9.17, 15) is 10.2 Å².